The molecule has 2 aliphatic rings. The molecule has 0 radical (unpaired) electrons. The summed E-state index contributed by atoms with van der Waals surface area (Å²) in [5.74, 6) is 0.699. The van der Waals surface area contributed by atoms with Crippen LogP contribution in [0.15, 0.2) is 0 Å². The predicted octanol–water partition coefficient (Wildman–Crippen LogP) is 1.13. The molecule has 14 heavy (non-hydrogen) atoms. The third-order valence-corrected chi connectivity index (χ3v) is 3.65. The van der Waals surface area contributed by atoms with Crippen molar-refractivity contribution in [2.75, 3.05) is 13.1 Å². The first kappa shape index (κ1) is 9.97. The van der Waals surface area contributed by atoms with Crippen molar-refractivity contribution in [3.63, 3.8) is 0 Å². The zero-order chi connectivity index (χ0) is 9.97. The summed E-state index contributed by atoms with van der Waals surface area (Å²) in [5.41, 5.74) is 5.60. The van der Waals surface area contributed by atoms with Gasteiger partial charge < -0.3 is 10.6 Å². The Hall–Kier alpha value is -0.570. The number of amides is 1. The van der Waals surface area contributed by atoms with Gasteiger partial charge in [-0.2, -0.15) is 0 Å². The number of carbonyl (C=O) groups excluding carboxylic acids is 1. The molecule has 1 saturated heterocycles. The van der Waals surface area contributed by atoms with Crippen LogP contribution < -0.4 is 5.73 Å². The van der Waals surface area contributed by atoms with Crippen LogP contribution in [-0.4, -0.2) is 29.9 Å². The molecule has 1 unspecified atom stereocenters. The molecule has 1 heterocycles. The maximum atomic E-state index is 12.0. The van der Waals surface area contributed by atoms with E-state index >= 15 is 0 Å². The Kier molecular flexibility index (Phi) is 3.06. The van der Waals surface area contributed by atoms with E-state index in [9.17, 15) is 4.79 Å². The Balaban J connectivity index is 1.87. The third-order valence-electron chi connectivity index (χ3n) is 3.65. The minimum atomic E-state index is 0.318. The molecule has 1 aliphatic heterocycles. The van der Waals surface area contributed by atoms with Crippen molar-refractivity contribution in [2.45, 2.75) is 44.6 Å². The second kappa shape index (κ2) is 4.30. The first-order chi connectivity index (χ1) is 6.83. The van der Waals surface area contributed by atoms with E-state index < -0.39 is 0 Å². The van der Waals surface area contributed by atoms with Gasteiger partial charge in [0.05, 0.1) is 0 Å². The van der Waals surface area contributed by atoms with Crippen LogP contribution in [0, 0.1) is 5.92 Å². The third kappa shape index (κ3) is 1.78. The Morgan fingerprint density at radius 1 is 1.21 bits per heavy atom. The fourth-order valence-electron chi connectivity index (χ4n) is 2.56. The first-order valence-corrected chi connectivity index (χ1v) is 5.83. The minimum absolute atomic E-state index is 0.318. The Morgan fingerprint density at radius 3 is 2.43 bits per heavy atom. The van der Waals surface area contributed by atoms with Crippen LogP contribution in [0.3, 0.4) is 0 Å². The molecule has 0 aromatic heterocycles. The zero-order valence-electron chi connectivity index (χ0n) is 8.74. The number of rotatable bonds is 2. The van der Waals surface area contributed by atoms with E-state index in [1.807, 2.05) is 4.90 Å². The average molecular weight is 196 g/mol. The molecule has 0 aromatic carbocycles. The van der Waals surface area contributed by atoms with Crippen LogP contribution in [-0.2, 0) is 4.79 Å². The van der Waals surface area contributed by atoms with Crippen LogP contribution in [0.25, 0.3) is 0 Å². The van der Waals surface area contributed by atoms with Crippen LogP contribution in [0.1, 0.15) is 38.5 Å². The number of hydrogen-bond donors (Lipinski definition) is 1. The molecule has 3 nitrogen and oxygen atoms in total. The lowest BCUT2D eigenvalue weighted by Crippen LogP contribution is -2.56. The maximum absolute atomic E-state index is 12.0. The van der Waals surface area contributed by atoms with Gasteiger partial charge in [-0.3, -0.25) is 4.79 Å². The van der Waals surface area contributed by atoms with Crippen molar-refractivity contribution < 1.29 is 4.79 Å². The molecule has 1 atom stereocenters. The molecule has 80 valence electrons. The summed E-state index contributed by atoms with van der Waals surface area (Å²) in [6.45, 7) is 1.58. The molecule has 1 saturated carbocycles. The molecule has 0 bridgehead atoms. The van der Waals surface area contributed by atoms with Crippen molar-refractivity contribution in [3.8, 4) is 0 Å². The lowest BCUT2D eigenvalue weighted by atomic mass is 9.86. The first-order valence-electron chi connectivity index (χ1n) is 5.83. The fourth-order valence-corrected chi connectivity index (χ4v) is 2.56. The predicted molar refractivity (Wildman–Crippen MR) is 55.7 cm³/mol. The van der Waals surface area contributed by atoms with E-state index in [-0.39, 0.29) is 0 Å². The monoisotopic (exact) mass is 196 g/mol. The quantitative estimate of drug-likeness (QED) is 0.719. The van der Waals surface area contributed by atoms with Gasteiger partial charge in [-0.15, -0.1) is 0 Å². The summed E-state index contributed by atoms with van der Waals surface area (Å²) in [7, 11) is 0. The van der Waals surface area contributed by atoms with Gasteiger partial charge in [-0.25, -0.2) is 0 Å². The normalized spacial score (nSPS) is 28.6. The van der Waals surface area contributed by atoms with E-state index in [1.165, 1.54) is 19.3 Å². The lowest BCUT2D eigenvalue weighted by molar-refractivity contribution is -0.144. The molecule has 0 aromatic rings. The van der Waals surface area contributed by atoms with E-state index in [0.29, 0.717) is 24.4 Å². The van der Waals surface area contributed by atoms with Crippen molar-refractivity contribution in [1.82, 2.24) is 4.90 Å². The van der Waals surface area contributed by atoms with Crippen LogP contribution in [0.4, 0.5) is 0 Å². The summed E-state index contributed by atoms with van der Waals surface area (Å²) >= 11 is 0. The molecular formula is C11H20N2O. The SMILES string of the molecule is NCC1CCN1C(=O)C1CCCCC1. The molecule has 2 N–H and O–H groups in total. The number of carbonyl (C=O) groups is 1. The van der Waals surface area contributed by atoms with Crippen molar-refractivity contribution >= 4 is 5.91 Å². The van der Waals surface area contributed by atoms with Gasteiger partial charge in [0.25, 0.3) is 0 Å². The Labute approximate surface area is 85.6 Å². The molecule has 2 fully saturated rings. The standard InChI is InChI=1S/C11H20N2O/c12-8-10-6-7-13(10)11(14)9-4-2-1-3-5-9/h9-10H,1-8,12H2. The number of nitrogens with zero attached hydrogens (tertiary/aromatic N) is 1. The van der Waals surface area contributed by atoms with Crippen LogP contribution in [0.2, 0.25) is 0 Å². The zero-order valence-corrected chi connectivity index (χ0v) is 8.74. The van der Waals surface area contributed by atoms with Gasteiger partial charge in [0, 0.05) is 25.0 Å². The lowest BCUT2D eigenvalue weighted by Gasteiger charge is -2.42. The van der Waals surface area contributed by atoms with E-state index in [2.05, 4.69) is 0 Å². The largest absolute Gasteiger partial charge is 0.338 e. The van der Waals surface area contributed by atoms with E-state index in [1.54, 1.807) is 0 Å². The van der Waals surface area contributed by atoms with Gasteiger partial charge in [0.15, 0.2) is 0 Å². The molecule has 3 heteroatoms. The summed E-state index contributed by atoms with van der Waals surface area (Å²) < 4.78 is 0. The van der Waals surface area contributed by atoms with Crippen molar-refractivity contribution in [2.24, 2.45) is 11.7 Å². The van der Waals surface area contributed by atoms with Gasteiger partial charge >= 0.3 is 0 Å². The molecule has 1 aliphatic carbocycles. The summed E-state index contributed by atoms with van der Waals surface area (Å²) in [4.78, 5) is 14.0. The summed E-state index contributed by atoms with van der Waals surface area (Å²) in [6, 6.07) is 0.351. The smallest absolute Gasteiger partial charge is 0.225 e. The number of nitrogens with two attached hydrogens (primary N) is 1. The van der Waals surface area contributed by atoms with Gasteiger partial charge in [0.2, 0.25) is 5.91 Å². The topological polar surface area (TPSA) is 46.3 Å². The highest BCUT2D eigenvalue weighted by Gasteiger charge is 2.35. The van der Waals surface area contributed by atoms with Crippen molar-refractivity contribution in [1.29, 1.82) is 0 Å². The molecule has 0 spiro atoms. The summed E-state index contributed by atoms with van der Waals surface area (Å²) in [6.07, 6.45) is 7.09. The van der Waals surface area contributed by atoms with E-state index in [0.717, 1.165) is 25.8 Å². The van der Waals surface area contributed by atoms with Gasteiger partial charge in [-0.05, 0) is 19.3 Å². The highest BCUT2D eigenvalue weighted by molar-refractivity contribution is 5.80. The second-order valence-corrected chi connectivity index (χ2v) is 4.54. The van der Waals surface area contributed by atoms with Gasteiger partial charge in [-0.1, -0.05) is 19.3 Å². The molecular weight excluding hydrogens is 176 g/mol. The fraction of sp³-hybridized carbons (Fsp3) is 0.909. The molecule has 2 rings (SSSR count). The average Bonchev–Trinajstić information content (AvgIpc) is 2.18. The highest BCUT2D eigenvalue weighted by atomic mass is 16.2. The number of likely N-dealkylation sites (tertiary alicyclic amines) is 1. The highest BCUT2D eigenvalue weighted by Crippen LogP contribution is 2.28. The molecule has 1 amide bonds. The Bertz CT molecular complexity index is 205. The van der Waals surface area contributed by atoms with Crippen LogP contribution >= 0.6 is 0 Å². The van der Waals surface area contributed by atoms with Crippen LogP contribution in [0.5, 0.6) is 0 Å². The second-order valence-electron chi connectivity index (χ2n) is 4.54. The number of hydrogen-bond acceptors (Lipinski definition) is 2. The van der Waals surface area contributed by atoms with Gasteiger partial charge in [0.1, 0.15) is 0 Å². The van der Waals surface area contributed by atoms with Crippen molar-refractivity contribution in [3.05, 3.63) is 0 Å². The maximum Gasteiger partial charge on any atom is 0.225 e. The summed E-state index contributed by atoms with van der Waals surface area (Å²) in [5, 5.41) is 0. The minimum Gasteiger partial charge on any atom is -0.338 e. The Morgan fingerprint density at radius 2 is 1.93 bits per heavy atom. The van der Waals surface area contributed by atoms with E-state index in [4.69, 9.17) is 5.73 Å².